The molecule has 4 rings (SSSR count). The van der Waals surface area contributed by atoms with Gasteiger partial charge >= 0.3 is 0 Å². The first-order valence-electron chi connectivity index (χ1n) is 6.92. The molecule has 0 unspecified atom stereocenters. The molecule has 23 heavy (non-hydrogen) atoms. The Balaban J connectivity index is 1.91. The third-order valence-electron chi connectivity index (χ3n) is 3.60. The van der Waals surface area contributed by atoms with Crippen molar-refractivity contribution in [2.75, 3.05) is 5.73 Å². The highest BCUT2D eigenvalue weighted by molar-refractivity contribution is 5.96. The lowest BCUT2D eigenvalue weighted by atomic mass is 10.1. The van der Waals surface area contributed by atoms with Crippen LogP contribution in [0.4, 0.5) is 10.1 Å². The first-order valence-corrected chi connectivity index (χ1v) is 6.92. The molecule has 0 spiro atoms. The molecular weight excluding hydrogens is 295 g/mol. The number of anilines is 1. The highest BCUT2D eigenvalue weighted by Gasteiger charge is 2.15. The van der Waals surface area contributed by atoms with Crippen molar-refractivity contribution in [2.24, 2.45) is 0 Å². The van der Waals surface area contributed by atoms with Crippen molar-refractivity contribution < 1.29 is 4.39 Å². The van der Waals surface area contributed by atoms with Crippen molar-refractivity contribution in [3.8, 4) is 17.1 Å². The first kappa shape index (κ1) is 13.3. The number of pyridine rings is 1. The van der Waals surface area contributed by atoms with Crippen molar-refractivity contribution in [3.63, 3.8) is 0 Å². The summed E-state index contributed by atoms with van der Waals surface area (Å²) in [7, 11) is 0. The van der Waals surface area contributed by atoms with Crippen LogP contribution in [0.3, 0.4) is 0 Å². The van der Waals surface area contributed by atoms with E-state index < -0.39 is 0 Å². The normalized spacial score (nSPS) is 11.0. The van der Waals surface area contributed by atoms with Crippen molar-refractivity contribution in [1.82, 2.24) is 25.2 Å². The topological polar surface area (TPSA) is 82.5 Å². The summed E-state index contributed by atoms with van der Waals surface area (Å²) in [4.78, 5) is 4.40. The Hall–Kier alpha value is -3.35. The van der Waals surface area contributed by atoms with E-state index in [1.165, 1.54) is 16.8 Å². The maximum absolute atomic E-state index is 13.1. The Bertz CT molecular complexity index is 993. The number of nitrogens with two attached hydrogens (primary N) is 1. The molecule has 0 aliphatic carbocycles. The van der Waals surface area contributed by atoms with Gasteiger partial charge < -0.3 is 5.73 Å². The van der Waals surface area contributed by atoms with Crippen LogP contribution in [0.25, 0.3) is 28.0 Å². The lowest BCUT2D eigenvalue weighted by molar-refractivity contribution is 0.627. The second-order valence-corrected chi connectivity index (χ2v) is 4.99. The van der Waals surface area contributed by atoms with Gasteiger partial charge in [0, 0.05) is 11.6 Å². The van der Waals surface area contributed by atoms with Crippen molar-refractivity contribution in [2.45, 2.75) is 0 Å². The van der Waals surface area contributed by atoms with Crippen LogP contribution in [-0.2, 0) is 0 Å². The average Bonchev–Trinajstić information content (AvgIpc) is 3.05. The van der Waals surface area contributed by atoms with Crippen molar-refractivity contribution in [3.05, 3.63) is 60.5 Å². The monoisotopic (exact) mass is 306 g/mol. The average molecular weight is 306 g/mol. The Morgan fingerprint density at radius 3 is 2.61 bits per heavy atom. The zero-order chi connectivity index (χ0) is 15.8. The predicted octanol–water partition coefficient (Wildman–Crippen LogP) is 2.60. The molecule has 0 amide bonds. The van der Waals surface area contributed by atoms with E-state index in [1.807, 2.05) is 24.3 Å². The molecule has 0 bridgehead atoms. The highest BCUT2D eigenvalue weighted by Crippen LogP contribution is 2.30. The molecule has 7 heteroatoms. The van der Waals surface area contributed by atoms with E-state index >= 15 is 0 Å². The van der Waals surface area contributed by atoms with Crippen LogP contribution in [0.2, 0.25) is 0 Å². The Kier molecular flexibility index (Phi) is 2.97. The van der Waals surface area contributed by atoms with Gasteiger partial charge in [0.25, 0.3) is 0 Å². The molecule has 2 aromatic heterocycles. The molecule has 4 aromatic rings. The van der Waals surface area contributed by atoms with Crippen LogP contribution in [0, 0.1) is 5.82 Å². The van der Waals surface area contributed by atoms with Crippen molar-refractivity contribution >= 4 is 16.6 Å². The molecule has 0 aliphatic rings. The zero-order valence-corrected chi connectivity index (χ0v) is 11.9. The van der Waals surface area contributed by atoms with Gasteiger partial charge in [-0.2, -0.15) is 4.68 Å². The molecule has 6 nitrogen and oxygen atoms in total. The summed E-state index contributed by atoms with van der Waals surface area (Å²) in [5.74, 6) is 0.127. The molecule has 0 aliphatic heterocycles. The van der Waals surface area contributed by atoms with Crippen molar-refractivity contribution in [1.29, 1.82) is 0 Å². The Morgan fingerprint density at radius 1 is 1.00 bits per heavy atom. The second kappa shape index (κ2) is 5.13. The minimum absolute atomic E-state index is 0.324. The third kappa shape index (κ3) is 2.18. The zero-order valence-electron chi connectivity index (χ0n) is 11.9. The van der Waals surface area contributed by atoms with Gasteiger partial charge in [0.1, 0.15) is 5.82 Å². The lowest BCUT2D eigenvalue weighted by Gasteiger charge is -2.09. The standard InChI is InChI=1S/C16H11FN6/c17-10-5-7-11(8-6-10)23-16(20-21-22-23)13-9-19-14-4-2-1-3-12(14)15(13)18/h1-9H,(H2,18,19). The third-order valence-corrected chi connectivity index (χ3v) is 3.60. The molecule has 0 saturated carbocycles. The summed E-state index contributed by atoms with van der Waals surface area (Å²) in [5, 5.41) is 12.5. The summed E-state index contributed by atoms with van der Waals surface area (Å²) in [6.07, 6.45) is 1.64. The maximum atomic E-state index is 13.1. The fourth-order valence-electron chi connectivity index (χ4n) is 2.45. The smallest absolute Gasteiger partial charge is 0.190 e. The molecule has 112 valence electrons. The van der Waals surface area contributed by atoms with Gasteiger partial charge in [0.2, 0.25) is 0 Å². The molecule has 0 atom stereocenters. The van der Waals surface area contributed by atoms with E-state index in [1.54, 1.807) is 18.3 Å². The van der Waals surface area contributed by atoms with E-state index in [2.05, 4.69) is 20.5 Å². The van der Waals surface area contributed by atoms with Gasteiger partial charge in [-0.15, -0.1) is 5.10 Å². The summed E-state index contributed by atoms with van der Waals surface area (Å²) < 4.78 is 14.6. The maximum Gasteiger partial charge on any atom is 0.190 e. The first-order chi connectivity index (χ1) is 11.2. The molecule has 2 heterocycles. The quantitative estimate of drug-likeness (QED) is 0.615. The summed E-state index contributed by atoms with van der Waals surface area (Å²) in [5.41, 5.74) is 8.88. The SMILES string of the molecule is Nc1c(-c2nnnn2-c2ccc(F)cc2)cnc2ccccc12. The van der Waals surface area contributed by atoms with E-state index in [9.17, 15) is 4.39 Å². The molecular formula is C16H11FN6. The Morgan fingerprint density at radius 2 is 1.78 bits per heavy atom. The largest absolute Gasteiger partial charge is 0.398 e. The highest BCUT2D eigenvalue weighted by atomic mass is 19.1. The minimum atomic E-state index is -0.324. The molecule has 0 radical (unpaired) electrons. The molecule has 0 saturated heterocycles. The lowest BCUT2D eigenvalue weighted by Crippen LogP contribution is -2.02. The fourth-order valence-corrected chi connectivity index (χ4v) is 2.45. The number of tetrazole rings is 1. The van der Waals surface area contributed by atoms with E-state index in [-0.39, 0.29) is 5.82 Å². The van der Waals surface area contributed by atoms with Gasteiger partial charge in [-0.1, -0.05) is 18.2 Å². The summed E-state index contributed by atoms with van der Waals surface area (Å²) >= 11 is 0. The molecule has 2 N–H and O–H groups in total. The van der Waals surface area contributed by atoms with Crippen LogP contribution >= 0.6 is 0 Å². The number of hydrogen-bond donors (Lipinski definition) is 1. The molecule has 0 fully saturated rings. The van der Waals surface area contributed by atoms with E-state index in [0.717, 1.165) is 10.9 Å². The van der Waals surface area contributed by atoms with Crippen LogP contribution < -0.4 is 5.73 Å². The van der Waals surface area contributed by atoms with Gasteiger partial charge in [0.05, 0.1) is 22.5 Å². The number of benzene rings is 2. The number of nitrogens with zero attached hydrogens (tertiary/aromatic N) is 5. The van der Waals surface area contributed by atoms with E-state index in [0.29, 0.717) is 22.8 Å². The van der Waals surface area contributed by atoms with Gasteiger partial charge in [-0.25, -0.2) is 4.39 Å². The summed E-state index contributed by atoms with van der Waals surface area (Å²) in [6, 6.07) is 13.5. The van der Waals surface area contributed by atoms with Gasteiger partial charge in [-0.05, 0) is 40.8 Å². The van der Waals surface area contributed by atoms with Crippen LogP contribution in [-0.4, -0.2) is 25.2 Å². The van der Waals surface area contributed by atoms with E-state index in [4.69, 9.17) is 5.73 Å². The van der Waals surface area contributed by atoms with Gasteiger partial charge in [0.15, 0.2) is 5.82 Å². The minimum Gasteiger partial charge on any atom is -0.398 e. The fraction of sp³-hybridized carbons (Fsp3) is 0. The number of para-hydroxylation sites is 1. The number of rotatable bonds is 2. The second-order valence-electron chi connectivity index (χ2n) is 4.99. The van der Waals surface area contributed by atoms with Crippen LogP contribution in [0.5, 0.6) is 0 Å². The number of halogens is 1. The number of fused-ring (bicyclic) bond motifs is 1. The Labute approximate surface area is 130 Å². The number of aromatic nitrogens is 5. The van der Waals surface area contributed by atoms with Crippen LogP contribution in [0.15, 0.2) is 54.7 Å². The summed E-state index contributed by atoms with van der Waals surface area (Å²) in [6.45, 7) is 0. The number of nitrogen functional groups attached to an aromatic ring is 1. The predicted molar refractivity (Wildman–Crippen MR) is 84.3 cm³/mol. The molecule has 2 aromatic carbocycles. The van der Waals surface area contributed by atoms with Gasteiger partial charge in [-0.3, -0.25) is 4.98 Å². The number of hydrogen-bond acceptors (Lipinski definition) is 5. The van der Waals surface area contributed by atoms with Crippen LogP contribution in [0.1, 0.15) is 0 Å².